The van der Waals surface area contributed by atoms with Crippen molar-refractivity contribution in [2.75, 3.05) is 23.3 Å². The van der Waals surface area contributed by atoms with E-state index in [1.54, 1.807) is 0 Å². The molecule has 1 aliphatic heterocycles. The third kappa shape index (κ3) is 7.80. The highest BCUT2D eigenvalue weighted by Crippen LogP contribution is 2.37. The van der Waals surface area contributed by atoms with Crippen molar-refractivity contribution >= 4 is 34.0 Å². The SMILES string of the molecule is CC1CCN(c2nc(C(=O)Nc3ccc(F)cc3C(F)(F)F)c(C(C)C)s2)CC1.O=C(O)C(F)(F)F. The highest BCUT2D eigenvalue weighted by atomic mass is 32.1. The van der Waals surface area contributed by atoms with Crippen molar-refractivity contribution in [3.05, 3.63) is 40.2 Å². The largest absolute Gasteiger partial charge is 0.490 e. The molecule has 1 aromatic carbocycles. The number of halogens is 7. The minimum absolute atomic E-state index is 0.0129. The lowest BCUT2D eigenvalue weighted by Crippen LogP contribution is -2.32. The minimum atomic E-state index is -5.08. The Morgan fingerprint density at radius 3 is 2.17 bits per heavy atom. The van der Waals surface area contributed by atoms with E-state index in [4.69, 9.17) is 9.90 Å². The second-order valence-corrected chi connectivity index (χ2v) is 9.49. The lowest BCUT2D eigenvalue weighted by atomic mass is 10.00. The molecule has 0 spiro atoms. The van der Waals surface area contributed by atoms with Crippen molar-refractivity contribution in [2.24, 2.45) is 5.92 Å². The van der Waals surface area contributed by atoms with Gasteiger partial charge in [-0.2, -0.15) is 26.3 Å². The van der Waals surface area contributed by atoms with E-state index in [0.717, 1.165) is 38.1 Å². The average Bonchev–Trinajstić information content (AvgIpc) is 3.20. The molecule has 200 valence electrons. The average molecular weight is 544 g/mol. The summed E-state index contributed by atoms with van der Waals surface area (Å²) in [6.45, 7) is 7.68. The van der Waals surface area contributed by atoms with Gasteiger partial charge in [-0.3, -0.25) is 4.79 Å². The van der Waals surface area contributed by atoms with E-state index in [1.165, 1.54) is 11.3 Å². The minimum Gasteiger partial charge on any atom is -0.475 e. The first-order valence-corrected chi connectivity index (χ1v) is 11.6. The smallest absolute Gasteiger partial charge is 0.475 e. The van der Waals surface area contributed by atoms with Crippen LogP contribution in [0.25, 0.3) is 0 Å². The Bertz CT molecular complexity index is 1080. The van der Waals surface area contributed by atoms with E-state index in [2.05, 4.69) is 22.1 Å². The third-order valence-electron chi connectivity index (χ3n) is 5.21. The van der Waals surface area contributed by atoms with Crippen molar-refractivity contribution in [1.29, 1.82) is 0 Å². The number of benzene rings is 1. The summed E-state index contributed by atoms with van der Waals surface area (Å²) in [5, 5.41) is 10.1. The number of anilines is 2. The number of aromatic nitrogens is 1. The van der Waals surface area contributed by atoms with Crippen LogP contribution in [0.1, 0.15) is 60.5 Å². The molecule has 36 heavy (non-hydrogen) atoms. The van der Waals surface area contributed by atoms with E-state index in [0.29, 0.717) is 22.0 Å². The van der Waals surface area contributed by atoms with Crippen LogP contribution in [0, 0.1) is 11.7 Å². The molecule has 0 atom stereocenters. The molecule has 2 heterocycles. The van der Waals surface area contributed by atoms with Gasteiger partial charge in [-0.05, 0) is 42.9 Å². The van der Waals surface area contributed by atoms with E-state index in [9.17, 15) is 35.5 Å². The number of amides is 1. The van der Waals surface area contributed by atoms with Crippen LogP contribution >= 0.6 is 11.3 Å². The first-order valence-electron chi connectivity index (χ1n) is 10.7. The van der Waals surface area contributed by atoms with Crippen LogP contribution in [-0.4, -0.2) is 41.2 Å². The Balaban J connectivity index is 0.000000572. The third-order valence-corrected chi connectivity index (χ3v) is 6.63. The maximum Gasteiger partial charge on any atom is 0.490 e. The predicted molar refractivity (Wildman–Crippen MR) is 120 cm³/mol. The summed E-state index contributed by atoms with van der Waals surface area (Å²) < 4.78 is 84.7. The van der Waals surface area contributed by atoms with Crippen LogP contribution in [0.4, 0.5) is 41.6 Å². The molecule has 1 saturated heterocycles. The molecule has 1 fully saturated rings. The van der Waals surface area contributed by atoms with Gasteiger partial charge in [0.1, 0.15) is 11.5 Å². The Kier molecular flexibility index (Phi) is 9.32. The van der Waals surface area contributed by atoms with Gasteiger partial charge in [-0.25, -0.2) is 14.2 Å². The standard InChI is InChI=1S/C20H23F4N3OS.C2HF3O2/c1-11(2)17-16(26-19(29-17)27-8-6-12(3)7-9-27)18(28)25-15-5-4-13(21)10-14(15)20(22,23)24;3-2(4,5)1(6)7/h4-5,10-12H,6-9H2,1-3H3,(H,25,28);(H,6,7). The first-order chi connectivity index (χ1) is 16.5. The fourth-order valence-electron chi connectivity index (χ4n) is 3.25. The maximum absolute atomic E-state index is 13.3. The zero-order valence-electron chi connectivity index (χ0n) is 19.4. The number of carbonyl (C=O) groups excluding carboxylic acids is 1. The summed E-state index contributed by atoms with van der Waals surface area (Å²) in [5.41, 5.74) is -1.59. The van der Waals surface area contributed by atoms with E-state index in [1.807, 2.05) is 13.8 Å². The molecule has 2 N–H and O–H groups in total. The zero-order valence-corrected chi connectivity index (χ0v) is 20.2. The number of hydrogen-bond donors (Lipinski definition) is 2. The van der Waals surface area contributed by atoms with Gasteiger partial charge in [0.25, 0.3) is 5.91 Å². The predicted octanol–water partition coefficient (Wildman–Crippen LogP) is 6.55. The molecule has 0 saturated carbocycles. The molecule has 1 aromatic heterocycles. The number of nitrogens with one attached hydrogen (secondary N) is 1. The fourth-order valence-corrected chi connectivity index (χ4v) is 4.37. The second kappa shape index (κ2) is 11.4. The number of nitrogens with zero attached hydrogens (tertiary/aromatic N) is 2. The maximum atomic E-state index is 13.3. The lowest BCUT2D eigenvalue weighted by molar-refractivity contribution is -0.192. The van der Waals surface area contributed by atoms with Gasteiger partial charge < -0.3 is 15.3 Å². The summed E-state index contributed by atoms with van der Waals surface area (Å²) in [4.78, 5) is 29.0. The Morgan fingerprint density at radius 2 is 1.69 bits per heavy atom. The highest BCUT2D eigenvalue weighted by Gasteiger charge is 2.38. The topological polar surface area (TPSA) is 82.5 Å². The molecule has 0 bridgehead atoms. The van der Waals surface area contributed by atoms with Crippen LogP contribution in [0.3, 0.4) is 0 Å². The van der Waals surface area contributed by atoms with Crippen LogP contribution in [0.5, 0.6) is 0 Å². The van der Waals surface area contributed by atoms with E-state index >= 15 is 0 Å². The van der Waals surface area contributed by atoms with Gasteiger partial charge in [-0.15, -0.1) is 11.3 Å². The molecule has 2 aromatic rings. The molecule has 14 heteroatoms. The molecule has 1 amide bonds. The van der Waals surface area contributed by atoms with Gasteiger partial charge in [0.05, 0.1) is 11.3 Å². The summed E-state index contributed by atoms with van der Waals surface area (Å²) in [5.74, 6) is -3.88. The molecule has 3 rings (SSSR count). The van der Waals surface area contributed by atoms with Gasteiger partial charge in [-0.1, -0.05) is 20.8 Å². The Labute approximate surface area is 206 Å². The van der Waals surface area contributed by atoms with Crippen LogP contribution in [0.15, 0.2) is 18.2 Å². The molecule has 0 radical (unpaired) electrons. The molecular formula is C22H24F7N3O3S. The lowest BCUT2D eigenvalue weighted by Gasteiger charge is -2.29. The molecular weight excluding hydrogens is 519 g/mol. The number of rotatable bonds is 4. The summed E-state index contributed by atoms with van der Waals surface area (Å²) in [7, 11) is 0. The number of alkyl halides is 6. The zero-order chi connectivity index (χ0) is 27.4. The number of carboxylic acid groups (broad SMARTS) is 1. The normalized spacial score (nSPS) is 14.9. The molecule has 1 aliphatic rings. The van der Waals surface area contributed by atoms with Crippen molar-refractivity contribution in [3.63, 3.8) is 0 Å². The van der Waals surface area contributed by atoms with E-state index in [-0.39, 0.29) is 11.6 Å². The monoisotopic (exact) mass is 543 g/mol. The number of thiazole rings is 1. The summed E-state index contributed by atoms with van der Waals surface area (Å²) in [6, 6.07) is 2.18. The van der Waals surface area contributed by atoms with Crippen molar-refractivity contribution in [1.82, 2.24) is 4.98 Å². The number of aliphatic carboxylic acids is 1. The van der Waals surface area contributed by atoms with Crippen LogP contribution in [0.2, 0.25) is 0 Å². The van der Waals surface area contributed by atoms with Crippen molar-refractivity contribution in [2.45, 2.75) is 51.9 Å². The number of carbonyl (C=O) groups is 2. The van der Waals surface area contributed by atoms with E-state index < -0.39 is 41.3 Å². The quantitative estimate of drug-likeness (QED) is 0.428. The first kappa shape index (κ1) is 29.3. The fraction of sp³-hybridized carbons (Fsp3) is 0.500. The highest BCUT2D eigenvalue weighted by molar-refractivity contribution is 7.16. The van der Waals surface area contributed by atoms with Crippen LogP contribution in [-0.2, 0) is 11.0 Å². The molecule has 0 unspecified atom stereocenters. The summed E-state index contributed by atoms with van der Waals surface area (Å²) >= 11 is 1.40. The van der Waals surface area contributed by atoms with Crippen LogP contribution < -0.4 is 10.2 Å². The number of piperidine rings is 1. The van der Waals surface area contributed by atoms with Gasteiger partial charge in [0, 0.05) is 18.0 Å². The molecule has 0 aliphatic carbocycles. The number of carboxylic acids is 1. The number of hydrogen-bond acceptors (Lipinski definition) is 5. The van der Waals surface area contributed by atoms with Crippen molar-refractivity contribution < 1.29 is 45.4 Å². The van der Waals surface area contributed by atoms with Gasteiger partial charge in [0.15, 0.2) is 5.13 Å². The molecule has 6 nitrogen and oxygen atoms in total. The second-order valence-electron chi connectivity index (χ2n) is 8.48. The van der Waals surface area contributed by atoms with Gasteiger partial charge >= 0.3 is 18.3 Å². The van der Waals surface area contributed by atoms with Crippen molar-refractivity contribution in [3.8, 4) is 0 Å². The van der Waals surface area contributed by atoms with Gasteiger partial charge in [0.2, 0.25) is 0 Å². The summed E-state index contributed by atoms with van der Waals surface area (Å²) in [6.07, 6.45) is -7.81. The Morgan fingerprint density at radius 1 is 1.14 bits per heavy atom. The Hall–Kier alpha value is -2.90.